The Morgan fingerprint density at radius 2 is 1.85 bits per heavy atom. The van der Waals surface area contributed by atoms with Gasteiger partial charge in [0.25, 0.3) is 5.91 Å². The highest BCUT2D eigenvalue weighted by Crippen LogP contribution is 2.51. The maximum Gasteiger partial charge on any atom is 0.416 e. The number of thiophene rings is 1. The molecule has 1 aromatic carbocycles. The Balaban J connectivity index is 1.45. The second-order valence-electron chi connectivity index (χ2n) is 6.93. The summed E-state index contributed by atoms with van der Waals surface area (Å²) in [7, 11) is 0. The minimum atomic E-state index is -4.44. The highest BCUT2D eigenvalue weighted by atomic mass is 32.1. The van der Waals surface area contributed by atoms with Crippen LogP contribution >= 0.6 is 11.3 Å². The van der Waals surface area contributed by atoms with Crippen molar-refractivity contribution in [2.45, 2.75) is 37.4 Å². The molecule has 0 unspecified atom stereocenters. The first kappa shape index (κ1) is 18.0. The molecule has 2 aliphatic carbocycles. The van der Waals surface area contributed by atoms with Crippen LogP contribution in [0.15, 0.2) is 35.7 Å². The standard InChI is InChI=1S/C19H17F3N2O2S/c20-19(21,22)15-4-2-1-3-11(15)13-9-14(13)17(26)24-18-12(7-8-27-18)16(25)23-10-5-6-10/h1-4,7-8,10,13-14H,5-6,9H2,(H,23,25)(H,24,26)/t13-,14-/m0/s1. The third-order valence-corrected chi connectivity index (χ3v) is 5.68. The lowest BCUT2D eigenvalue weighted by molar-refractivity contribution is -0.138. The molecule has 0 saturated heterocycles. The number of alkyl halides is 3. The lowest BCUT2D eigenvalue weighted by atomic mass is 10.0. The molecule has 4 rings (SSSR count). The number of hydrogen-bond donors (Lipinski definition) is 2. The molecule has 1 aromatic heterocycles. The highest BCUT2D eigenvalue weighted by Gasteiger charge is 2.48. The van der Waals surface area contributed by atoms with Gasteiger partial charge in [0, 0.05) is 12.0 Å². The van der Waals surface area contributed by atoms with E-state index in [1.54, 1.807) is 17.5 Å². The number of hydrogen-bond acceptors (Lipinski definition) is 3. The van der Waals surface area contributed by atoms with E-state index in [0.717, 1.165) is 18.9 Å². The molecule has 0 spiro atoms. The second-order valence-corrected chi connectivity index (χ2v) is 7.85. The Morgan fingerprint density at radius 1 is 1.11 bits per heavy atom. The number of halogens is 3. The summed E-state index contributed by atoms with van der Waals surface area (Å²) in [6.45, 7) is 0. The number of carbonyl (C=O) groups is 2. The van der Waals surface area contributed by atoms with Crippen LogP contribution in [0.1, 0.15) is 46.7 Å². The fourth-order valence-electron chi connectivity index (χ4n) is 3.19. The summed E-state index contributed by atoms with van der Waals surface area (Å²) in [5.41, 5.74) is -0.137. The largest absolute Gasteiger partial charge is 0.416 e. The van der Waals surface area contributed by atoms with Gasteiger partial charge < -0.3 is 10.6 Å². The summed E-state index contributed by atoms with van der Waals surface area (Å²) in [5, 5.41) is 7.73. The molecule has 2 N–H and O–H groups in total. The third-order valence-electron chi connectivity index (χ3n) is 4.85. The molecule has 8 heteroatoms. The van der Waals surface area contributed by atoms with Gasteiger partial charge >= 0.3 is 6.18 Å². The third kappa shape index (κ3) is 3.85. The monoisotopic (exact) mass is 394 g/mol. The smallest absolute Gasteiger partial charge is 0.349 e. The molecule has 2 atom stereocenters. The summed E-state index contributed by atoms with van der Waals surface area (Å²) in [4.78, 5) is 24.7. The molecule has 2 saturated carbocycles. The van der Waals surface area contributed by atoms with Crippen molar-refractivity contribution < 1.29 is 22.8 Å². The summed E-state index contributed by atoms with van der Waals surface area (Å²) in [6.07, 6.45) is -2.16. The summed E-state index contributed by atoms with van der Waals surface area (Å²) in [5.74, 6) is -1.55. The molecular weight excluding hydrogens is 377 g/mol. The van der Waals surface area contributed by atoms with E-state index in [1.807, 2.05) is 0 Å². The topological polar surface area (TPSA) is 58.2 Å². The van der Waals surface area contributed by atoms with E-state index in [2.05, 4.69) is 10.6 Å². The van der Waals surface area contributed by atoms with E-state index in [0.29, 0.717) is 17.0 Å². The molecule has 4 nitrogen and oxygen atoms in total. The van der Waals surface area contributed by atoms with E-state index in [9.17, 15) is 22.8 Å². The fourth-order valence-corrected chi connectivity index (χ4v) is 3.97. The van der Waals surface area contributed by atoms with Crippen molar-refractivity contribution in [1.29, 1.82) is 0 Å². The van der Waals surface area contributed by atoms with Crippen molar-refractivity contribution in [1.82, 2.24) is 5.32 Å². The van der Waals surface area contributed by atoms with Crippen LogP contribution in [0.2, 0.25) is 0 Å². The fraction of sp³-hybridized carbons (Fsp3) is 0.368. The van der Waals surface area contributed by atoms with Gasteiger partial charge in [0.2, 0.25) is 5.91 Å². The van der Waals surface area contributed by atoms with E-state index in [-0.39, 0.29) is 23.4 Å². The van der Waals surface area contributed by atoms with Gasteiger partial charge in [-0.25, -0.2) is 0 Å². The molecule has 1 heterocycles. The number of anilines is 1. The predicted octanol–water partition coefficient (Wildman–Crippen LogP) is 4.40. The van der Waals surface area contributed by atoms with Crippen molar-refractivity contribution in [3.05, 3.63) is 52.4 Å². The van der Waals surface area contributed by atoms with Crippen LogP contribution in [0.3, 0.4) is 0 Å². The molecule has 2 amide bonds. The number of amides is 2. The van der Waals surface area contributed by atoms with Crippen LogP contribution in [0.4, 0.5) is 18.2 Å². The van der Waals surface area contributed by atoms with E-state index >= 15 is 0 Å². The van der Waals surface area contributed by atoms with Gasteiger partial charge in [-0.15, -0.1) is 11.3 Å². The second kappa shape index (κ2) is 6.67. The lowest BCUT2D eigenvalue weighted by Gasteiger charge is -2.12. The zero-order chi connectivity index (χ0) is 19.2. The Morgan fingerprint density at radius 3 is 2.56 bits per heavy atom. The molecule has 27 heavy (non-hydrogen) atoms. The quantitative estimate of drug-likeness (QED) is 0.790. The predicted molar refractivity (Wildman–Crippen MR) is 95.7 cm³/mol. The summed E-state index contributed by atoms with van der Waals surface area (Å²) in [6, 6.07) is 7.22. The molecule has 142 valence electrons. The van der Waals surface area contributed by atoms with E-state index in [1.165, 1.54) is 23.5 Å². The molecular formula is C19H17F3N2O2S. The molecule has 0 aliphatic heterocycles. The van der Waals surface area contributed by atoms with Gasteiger partial charge in [-0.3, -0.25) is 9.59 Å². The number of nitrogens with one attached hydrogen (secondary N) is 2. The Bertz CT molecular complexity index is 889. The van der Waals surface area contributed by atoms with Crippen LogP contribution < -0.4 is 10.6 Å². The van der Waals surface area contributed by atoms with Crippen LogP contribution in [-0.2, 0) is 11.0 Å². The molecule has 2 fully saturated rings. The van der Waals surface area contributed by atoms with Crippen molar-refractivity contribution in [3.63, 3.8) is 0 Å². The minimum Gasteiger partial charge on any atom is -0.349 e. The Hall–Kier alpha value is -2.35. The zero-order valence-corrected chi connectivity index (χ0v) is 15.0. The van der Waals surface area contributed by atoms with Gasteiger partial charge in [0.1, 0.15) is 5.00 Å². The van der Waals surface area contributed by atoms with Gasteiger partial charge in [0.05, 0.1) is 11.1 Å². The maximum absolute atomic E-state index is 13.2. The van der Waals surface area contributed by atoms with Crippen LogP contribution in [0.25, 0.3) is 0 Å². The van der Waals surface area contributed by atoms with Crippen molar-refractivity contribution in [2.75, 3.05) is 5.32 Å². The van der Waals surface area contributed by atoms with Crippen LogP contribution in [0.5, 0.6) is 0 Å². The van der Waals surface area contributed by atoms with Crippen LogP contribution in [0, 0.1) is 5.92 Å². The average molecular weight is 394 g/mol. The SMILES string of the molecule is O=C(NC1CC1)c1ccsc1NC(=O)[C@H]1C[C@H]1c1ccccc1C(F)(F)F. The maximum atomic E-state index is 13.2. The van der Waals surface area contributed by atoms with Crippen LogP contribution in [-0.4, -0.2) is 17.9 Å². The lowest BCUT2D eigenvalue weighted by Crippen LogP contribution is -2.26. The van der Waals surface area contributed by atoms with Gasteiger partial charge in [-0.1, -0.05) is 18.2 Å². The highest BCUT2D eigenvalue weighted by molar-refractivity contribution is 7.14. The van der Waals surface area contributed by atoms with Gasteiger partial charge in [0.15, 0.2) is 0 Å². The van der Waals surface area contributed by atoms with Gasteiger partial charge in [-0.2, -0.15) is 13.2 Å². The first-order valence-corrected chi connectivity index (χ1v) is 9.58. The number of carbonyl (C=O) groups excluding carboxylic acids is 2. The molecule has 2 aliphatic rings. The first-order valence-electron chi connectivity index (χ1n) is 8.70. The van der Waals surface area contributed by atoms with E-state index in [4.69, 9.17) is 0 Å². The van der Waals surface area contributed by atoms with Crippen molar-refractivity contribution >= 4 is 28.2 Å². The van der Waals surface area contributed by atoms with Gasteiger partial charge in [-0.05, 0) is 48.3 Å². The summed E-state index contributed by atoms with van der Waals surface area (Å²) >= 11 is 1.23. The zero-order valence-electron chi connectivity index (χ0n) is 14.2. The normalized spacial score (nSPS) is 21.6. The van der Waals surface area contributed by atoms with E-state index < -0.39 is 23.6 Å². The first-order chi connectivity index (χ1) is 12.8. The Labute approximate surface area is 157 Å². The average Bonchev–Trinajstić information content (AvgIpc) is 3.53. The minimum absolute atomic E-state index is 0.156. The van der Waals surface area contributed by atoms with Crippen molar-refractivity contribution in [2.24, 2.45) is 5.92 Å². The molecule has 0 radical (unpaired) electrons. The van der Waals surface area contributed by atoms with Crippen molar-refractivity contribution in [3.8, 4) is 0 Å². The molecule has 2 aromatic rings. The number of rotatable bonds is 5. The number of benzene rings is 1. The Kier molecular flexibility index (Phi) is 4.46. The molecule has 0 bridgehead atoms. The summed E-state index contributed by atoms with van der Waals surface area (Å²) < 4.78 is 39.5.